The third kappa shape index (κ3) is 7.47. The Labute approximate surface area is 284 Å². The zero-order chi connectivity index (χ0) is 33.7. The molecule has 0 radical (unpaired) electrons. The van der Waals surface area contributed by atoms with Gasteiger partial charge in [-0.3, -0.25) is 19.4 Å². The van der Waals surface area contributed by atoms with Gasteiger partial charge in [-0.15, -0.1) is 0 Å². The van der Waals surface area contributed by atoms with Crippen molar-refractivity contribution in [3.63, 3.8) is 0 Å². The second kappa shape index (κ2) is 15.0. The molecule has 1 fully saturated rings. The number of hydrogen-bond donors (Lipinski definition) is 2. The number of urea groups is 1. The van der Waals surface area contributed by atoms with Gasteiger partial charge >= 0.3 is 6.03 Å². The minimum absolute atomic E-state index is 0.0766. The van der Waals surface area contributed by atoms with Gasteiger partial charge in [0.2, 0.25) is 11.9 Å². The summed E-state index contributed by atoms with van der Waals surface area (Å²) in [6.45, 7) is 5.62. The molecule has 2 N–H and O–H groups in total. The summed E-state index contributed by atoms with van der Waals surface area (Å²) < 4.78 is 10.9. The topological polar surface area (TPSA) is 126 Å². The Hall–Kier alpha value is -4.35. The molecule has 0 saturated heterocycles. The van der Waals surface area contributed by atoms with Crippen LogP contribution in [-0.2, 0) is 29.1 Å². The zero-order valence-electron chi connectivity index (χ0n) is 26.6. The van der Waals surface area contributed by atoms with Crippen molar-refractivity contribution in [2.24, 2.45) is 0 Å². The van der Waals surface area contributed by atoms with Gasteiger partial charge in [-0.1, -0.05) is 73.8 Å². The van der Waals surface area contributed by atoms with Crippen LogP contribution < -0.4 is 29.9 Å². The number of benzene rings is 2. The summed E-state index contributed by atoms with van der Waals surface area (Å²) in [5, 5.41) is 6.72. The molecule has 5 rings (SSSR count). The first kappa shape index (κ1) is 34.0. The Morgan fingerprint density at radius 3 is 2.40 bits per heavy atom. The fourth-order valence-electron chi connectivity index (χ4n) is 5.97. The van der Waals surface area contributed by atoms with E-state index in [1.165, 1.54) is 25.2 Å². The van der Waals surface area contributed by atoms with Crippen molar-refractivity contribution in [3.05, 3.63) is 75.9 Å². The Morgan fingerprint density at radius 1 is 1.06 bits per heavy atom. The number of nitrogens with one attached hydrogen (secondary N) is 2. The van der Waals surface area contributed by atoms with Gasteiger partial charge in [-0.2, -0.15) is 4.98 Å². The van der Waals surface area contributed by atoms with Gasteiger partial charge in [0.05, 0.1) is 33.0 Å². The maximum Gasteiger partial charge on any atom is 0.330 e. The highest BCUT2D eigenvalue weighted by Gasteiger charge is 2.37. The summed E-state index contributed by atoms with van der Waals surface area (Å²) in [7, 11) is 2.94. The van der Waals surface area contributed by atoms with E-state index in [0.717, 1.165) is 36.8 Å². The SMILES string of the molecule is C=CC(=O)NC1CCCCC1Nc1ncc2c(n1)N(Cc1cccc(CC(=O)CC)c1)C(=O)N(c1c(Cl)c(OC)cc(OC)c1Cl)C2. The van der Waals surface area contributed by atoms with Crippen molar-refractivity contribution in [2.45, 2.75) is 70.6 Å². The number of methoxy groups -OCH3 is 2. The summed E-state index contributed by atoms with van der Waals surface area (Å²) in [5.74, 6) is 1.23. The maximum atomic E-state index is 14.5. The van der Waals surface area contributed by atoms with Crippen LogP contribution in [0.3, 0.4) is 0 Å². The van der Waals surface area contributed by atoms with Crippen molar-refractivity contribution < 1.29 is 23.9 Å². The molecular formula is C34H38Cl2N6O5. The summed E-state index contributed by atoms with van der Waals surface area (Å²) in [4.78, 5) is 51.2. The van der Waals surface area contributed by atoms with E-state index in [9.17, 15) is 14.4 Å². The minimum Gasteiger partial charge on any atom is -0.495 e. The lowest BCUT2D eigenvalue weighted by Gasteiger charge is -2.37. The molecule has 2 unspecified atom stereocenters. The zero-order valence-corrected chi connectivity index (χ0v) is 28.2. The highest BCUT2D eigenvalue weighted by atomic mass is 35.5. The molecular weight excluding hydrogens is 643 g/mol. The smallest absolute Gasteiger partial charge is 0.330 e. The number of carbonyl (C=O) groups excluding carboxylic acids is 3. The lowest BCUT2D eigenvalue weighted by Crippen LogP contribution is -2.49. The molecule has 2 aliphatic rings. The molecule has 1 aromatic heterocycles. The Kier molecular flexibility index (Phi) is 10.9. The van der Waals surface area contributed by atoms with Crippen LogP contribution in [0.5, 0.6) is 11.5 Å². The first-order valence-electron chi connectivity index (χ1n) is 15.5. The lowest BCUT2D eigenvalue weighted by atomic mass is 9.90. The fourth-order valence-corrected chi connectivity index (χ4v) is 6.68. The number of amides is 3. The second-order valence-corrected chi connectivity index (χ2v) is 12.3. The molecule has 2 heterocycles. The van der Waals surface area contributed by atoms with Crippen LogP contribution in [0, 0.1) is 0 Å². The number of fused-ring (bicyclic) bond motifs is 1. The van der Waals surface area contributed by atoms with Gasteiger partial charge in [0.15, 0.2) is 0 Å². The van der Waals surface area contributed by atoms with Crippen LogP contribution in [0.1, 0.15) is 55.7 Å². The number of halogens is 2. The molecule has 248 valence electrons. The molecule has 2 atom stereocenters. The summed E-state index contributed by atoms with van der Waals surface area (Å²) in [6, 6.07) is 8.49. The number of rotatable bonds is 12. The van der Waals surface area contributed by atoms with E-state index in [0.29, 0.717) is 41.7 Å². The quantitative estimate of drug-likeness (QED) is 0.208. The molecule has 3 aromatic rings. The van der Waals surface area contributed by atoms with E-state index in [4.69, 9.17) is 37.7 Å². The molecule has 47 heavy (non-hydrogen) atoms. The van der Waals surface area contributed by atoms with Crippen molar-refractivity contribution in [1.29, 1.82) is 0 Å². The fraction of sp³-hybridized carbons (Fsp3) is 0.382. The number of anilines is 3. The highest BCUT2D eigenvalue weighted by Crippen LogP contribution is 2.48. The maximum absolute atomic E-state index is 14.5. The van der Waals surface area contributed by atoms with E-state index in [-0.39, 0.29) is 52.6 Å². The minimum atomic E-state index is -0.426. The van der Waals surface area contributed by atoms with E-state index in [1.807, 2.05) is 31.2 Å². The summed E-state index contributed by atoms with van der Waals surface area (Å²) >= 11 is 13.5. The van der Waals surface area contributed by atoms with E-state index >= 15 is 0 Å². The van der Waals surface area contributed by atoms with Crippen molar-refractivity contribution >= 4 is 58.4 Å². The number of aromatic nitrogens is 2. The lowest BCUT2D eigenvalue weighted by molar-refractivity contribution is -0.118. The Balaban J connectivity index is 1.55. The van der Waals surface area contributed by atoms with Crippen molar-refractivity contribution in [1.82, 2.24) is 15.3 Å². The Bertz CT molecular complexity index is 1660. The molecule has 11 nitrogen and oxygen atoms in total. The van der Waals surface area contributed by atoms with E-state index in [2.05, 4.69) is 22.2 Å². The Morgan fingerprint density at radius 2 is 1.74 bits per heavy atom. The van der Waals surface area contributed by atoms with Crippen LogP contribution in [0.15, 0.2) is 49.2 Å². The van der Waals surface area contributed by atoms with Crippen LogP contribution >= 0.6 is 23.2 Å². The summed E-state index contributed by atoms with van der Waals surface area (Å²) in [5.41, 5.74) is 2.55. The predicted molar refractivity (Wildman–Crippen MR) is 183 cm³/mol. The van der Waals surface area contributed by atoms with Gasteiger partial charge in [0.25, 0.3) is 0 Å². The predicted octanol–water partition coefficient (Wildman–Crippen LogP) is 6.49. The standard InChI is InChI=1S/C34H38Cl2N6O5/c1-5-23(43)15-20-10-9-11-21(14-20)18-42-32-22(17-37-33(40-32)39-25-13-8-7-12-24(25)38-28(44)6-2)19-41(34(42)45)31-29(35)26(46-3)16-27(47-4)30(31)36/h6,9-11,14,16-17,24-25H,2,5,7-8,12-13,15,18-19H2,1,3-4H3,(H,38,44)(H,37,39,40). The highest BCUT2D eigenvalue weighted by molar-refractivity contribution is 6.42. The molecule has 13 heteroatoms. The van der Waals surface area contributed by atoms with Crippen LogP contribution in [0.2, 0.25) is 10.0 Å². The molecule has 2 aromatic carbocycles. The summed E-state index contributed by atoms with van der Waals surface area (Å²) in [6.07, 6.45) is 7.29. The number of ketones is 1. The van der Waals surface area contributed by atoms with Gasteiger partial charge in [-0.25, -0.2) is 9.78 Å². The number of nitrogens with zero attached hydrogens (tertiary/aromatic N) is 4. The van der Waals surface area contributed by atoms with Crippen LogP contribution in [-0.4, -0.2) is 54.0 Å². The molecule has 1 aliphatic carbocycles. The van der Waals surface area contributed by atoms with Crippen LogP contribution in [0.4, 0.5) is 22.2 Å². The second-order valence-electron chi connectivity index (χ2n) is 11.5. The molecule has 3 amide bonds. The van der Waals surface area contributed by atoms with Gasteiger partial charge < -0.3 is 20.1 Å². The number of Topliss-reactive ketones (excluding diaryl/α,β-unsaturated/α-hetero) is 1. The first-order valence-corrected chi connectivity index (χ1v) is 16.3. The monoisotopic (exact) mass is 680 g/mol. The number of carbonyl (C=O) groups is 3. The van der Waals surface area contributed by atoms with Gasteiger partial charge in [0.1, 0.15) is 33.1 Å². The largest absolute Gasteiger partial charge is 0.495 e. The molecule has 1 saturated carbocycles. The number of hydrogen-bond acceptors (Lipinski definition) is 8. The van der Waals surface area contributed by atoms with E-state index < -0.39 is 6.03 Å². The van der Waals surface area contributed by atoms with E-state index in [1.54, 1.807) is 17.2 Å². The first-order chi connectivity index (χ1) is 22.7. The molecule has 0 spiro atoms. The molecule has 0 bridgehead atoms. The third-order valence-corrected chi connectivity index (χ3v) is 9.16. The van der Waals surface area contributed by atoms with Gasteiger partial charge in [0, 0.05) is 42.8 Å². The van der Waals surface area contributed by atoms with Crippen LogP contribution in [0.25, 0.3) is 0 Å². The average molecular weight is 682 g/mol. The van der Waals surface area contributed by atoms with Crippen molar-refractivity contribution in [2.75, 3.05) is 29.3 Å². The third-order valence-electron chi connectivity index (χ3n) is 8.43. The molecule has 1 aliphatic heterocycles. The normalized spacial score (nSPS) is 17.5. The van der Waals surface area contributed by atoms with Crippen molar-refractivity contribution in [3.8, 4) is 11.5 Å². The average Bonchev–Trinajstić information content (AvgIpc) is 3.07. The van der Waals surface area contributed by atoms with Gasteiger partial charge in [-0.05, 0) is 30.0 Å². The number of ether oxygens (including phenoxy) is 2.